The minimum absolute atomic E-state index is 0.00135. The first-order valence-corrected chi connectivity index (χ1v) is 8.23. The molecule has 0 aliphatic heterocycles. The summed E-state index contributed by atoms with van der Waals surface area (Å²) in [6.45, 7) is 5.31. The summed E-state index contributed by atoms with van der Waals surface area (Å²) in [6, 6.07) is 14.1. The summed E-state index contributed by atoms with van der Waals surface area (Å²) in [5, 5.41) is 6.12. The maximum Gasteiger partial charge on any atom is 0.241 e. The molecule has 0 radical (unpaired) electrons. The summed E-state index contributed by atoms with van der Waals surface area (Å²) in [5.41, 5.74) is 2.28. The van der Waals surface area contributed by atoms with Crippen molar-refractivity contribution >= 4 is 17.4 Å². The van der Waals surface area contributed by atoms with Crippen molar-refractivity contribution in [3.63, 3.8) is 0 Å². The van der Waals surface area contributed by atoms with E-state index in [1.807, 2.05) is 38.1 Å². The van der Waals surface area contributed by atoms with Crippen molar-refractivity contribution < 1.29 is 14.3 Å². The van der Waals surface area contributed by atoms with Gasteiger partial charge in [-0.15, -0.1) is 0 Å². The average molecular weight is 340 g/mol. The van der Waals surface area contributed by atoms with Crippen molar-refractivity contribution in [3.05, 3.63) is 59.7 Å². The van der Waals surface area contributed by atoms with Gasteiger partial charge in [-0.3, -0.25) is 14.9 Å². The van der Waals surface area contributed by atoms with Crippen LogP contribution in [-0.2, 0) is 4.79 Å². The average Bonchev–Trinajstić information content (AvgIpc) is 2.61. The van der Waals surface area contributed by atoms with Gasteiger partial charge >= 0.3 is 0 Å². The van der Waals surface area contributed by atoms with Crippen LogP contribution in [0.4, 0.5) is 5.69 Å². The van der Waals surface area contributed by atoms with Crippen molar-refractivity contribution in [3.8, 4) is 5.75 Å². The fourth-order valence-electron chi connectivity index (χ4n) is 2.60. The number of ether oxygens (including phenoxy) is 1. The number of amides is 1. The predicted molar refractivity (Wildman–Crippen MR) is 99.1 cm³/mol. The number of hydrogen-bond acceptors (Lipinski definition) is 4. The van der Waals surface area contributed by atoms with E-state index in [1.54, 1.807) is 31.4 Å². The van der Waals surface area contributed by atoms with Crippen molar-refractivity contribution in [2.75, 3.05) is 12.4 Å². The van der Waals surface area contributed by atoms with Crippen molar-refractivity contribution in [2.45, 2.75) is 32.9 Å². The molecule has 0 bridgehead atoms. The Morgan fingerprint density at radius 2 is 1.64 bits per heavy atom. The second-order valence-corrected chi connectivity index (χ2v) is 5.97. The first kappa shape index (κ1) is 18.7. The summed E-state index contributed by atoms with van der Waals surface area (Å²) in [6.07, 6.45) is 0. The van der Waals surface area contributed by atoms with E-state index in [9.17, 15) is 9.59 Å². The van der Waals surface area contributed by atoms with Crippen LogP contribution in [0.2, 0.25) is 0 Å². The Hall–Kier alpha value is -2.66. The van der Waals surface area contributed by atoms with Crippen LogP contribution in [0.3, 0.4) is 0 Å². The molecule has 2 atom stereocenters. The van der Waals surface area contributed by atoms with Gasteiger partial charge in [-0.1, -0.05) is 18.2 Å². The molecule has 2 rings (SSSR count). The van der Waals surface area contributed by atoms with Crippen LogP contribution in [0.1, 0.15) is 42.7 Å². The van der Waals surface area contributed by atoms with E-state index in [0.717, 1.165) is 11.3 Å². The standard InChI is InChI=1S/C20H24N2O3/c1-13(18-7-5-6-8-19(18)25-4)21-14(2)20(24)22-17-11-9-16(10-12-17)15(3)23/h5-14,21H,1-4H3,(H,22,24)/t13-,14-/m0/s1. The van der Waals surface area contributed by atoms with Crippen LogP contribution in [0.25, 0.3) is 0 Å². The van der Waals surface area contributed by atoms with Crippen LogP contribution in [0.5, 0.6) is 5.75 Å². The van der Waals surface area contributed by atoms with Gasteiger partial charge in [0.2, 0.25) is 5.91 Å². The van der Waals surface area contributed by atoms with E-state index >= 15 is 0 Å². The second kappa shape index (κ2) is 8.44. The zero-order chi connectivity index (χ0) is 18.4. The lowest BCUT2D eigenvalue weighted by atomic mass is 10.1. The molecule has 5 heteroatoms. The highest BCUT2D eigenvalue weighted by Gasteiger charge is 2.18. The van der Waals surface area contributed by atoms with Crippen molar-refractivity contribution in [1.29, 1.82) is 0 Å². The number of Topliss-reactive ketones (excluding diaryl/α,β-unsaturated/α-hetero) is 1. The number of rotatable bonds is 7. The Morgan fingerprint density at radius 1 is 1.00 bits per heavy atom. The molecule has 0 aromatic heterocycles. The number of nitrogens with one attached hydrogen (secondary N) is 2. The molecule has 0 fully saturated rings. The highest BCUT2D eigenvalue weighted by atomic mass is 16.5. The zero-order valence-corrected chi connectivity index (χ0v) is 15.0. The van der Waals surface area contributed by atoms with Gasteiger partial charge in [0.15, 0.2) is 5.78 Å². The molecule has 0 saturated heterocycles. The number of methoxy groups -OCH3 is 1. The first-order chi connectivity index (χ1) is 11.9. The Bertz CT molecular complexity index is 741. The normalized spacial score (nSPS) is 13.0. The highest BCUT2D eigenvalue weighted by Crippen LogP contribution is 2.24. The number of benzene rings is 2. The van der Waals surface area contributed by atoms with Gasteiger partial charge in [-0.25, -0.2) is 0 Å². The maximum absolute atomic E-state index is 12.4. The molecule has 0 unspecified atom stereocenters. The van der Waals surface area contributed by atoms with Crippen LogP contribution in [0.15, 0.2) is 48.5 Å². The second-order valence-electron chi connectivity index (χ2n) is 5.97. The molecule has 0 heterocycles. The molecule has 0 aliphatic rings. The lowest BCUT2D eigenvalue weighted by Gasteiger charge is -2.21. The van der Waals surface area contributed by atoms with Gasteiger partial charge in [0, 0.05) is 22.9 Å². The number of anilines is 1. The minimum Gasteiger partial charge on any atom is -0.496 e. The van der Waals surface area contributed by atoms with Crippen molar-refractivity contribution in [1.82, 2.24) is 5.32 Å². The van der Waals surface area contributed by atoms with Gasteiger partial charge < -0.3 is 10.1 Å². The Kier molecular flexibility index (Phi) is 6.31. The third-order valence-electron chi connectivity index (χ3n) is 4.06. The summed E-state index contributed by atoms with van der Waals surface area (Å²) < 4.78 is 5.37. The molecule has 1 amide bonds. The predicted octanol–water partition coefficient (Wildman–Crippen LogP) is 3.58. The van der Waals surface area contributed by atoms with Crippen molar-refractivity contribution in [2.24, 2.45) is 0 Å². The van der Waals surface area contributed by atoms with E-state index in [-0.39, 0.29) is 17.7 Å². The zero-order valence-electron chi connectivity index (χ0n) is 15.0. The molecular formula is C20H24N2O3. The van der Waals surface area contributed by atoms with Crippen LogP contribution in [-0.4, -0.2) is 24.8 Å². The molecule has 0 aliphatic carbocycles. The molecule has 0 saturated carbocycles. The molecular weight excluding hydrogens is 316 g/mol. The molecule has 2 aromatic carbocycles. The molecule has 2 aromatic rings. The molecule has 5 nitrogen and oxygen atoms in total. The first-order valence-electron chi connectivity index (χ1n) is 8.23. The van der Waals surface area contributed by atoms with E-state index in [1.165, 1.54) is 6.92 Å². The van der Waals surface area contributed by atoms with E-state index < -0.39 is 6.04 Å². The van der Waals surface area contributed by atoms with E-state index in [4.69, 9.17) is 4.74 Å². The quantitative estimate of drug-likeness (QED) is 0.756. The van der Waals surface area contributed by atoms with E-state index in [2.05, 4.69) is 10.6 Å². The van der Waals surface area contributed by atoms with Gasteiger partial charge in [0.05, 0.1) is 13.2 Å². The number of carbonyl (C=O) groups is 2. The fraction of sp³-hybridized carbons (Fsp3) is 0.300. The fourth-order valence-corrected chi connectivity index (χ4v) is 2.60. The lowest BCUT2D eigenvalue weighted by molar-refractivity contribution is -0.117. The maximum atomic E-state index is 12.4. The summed E-state index contributed by atoms with van der Waals surface area (Å²) in [4.78, 5) is 23.7. The van der Waals surface area contributed by atoms with Gasteiger partial charge in [0.25, 0.3) is 0 Å². The molecule has 2 N–H and O–H groups in total. The summed E-state index contributed by atoms with van der Waals surface area (Å²) >= 11 is 0. The van der Waals surface area contributed by atoms with Crippen LogP contribution in [0, 0.1) is 0 Å². The minimum atomic E-state index is -0.396. The Labute approximate surface area is 148 Å². The topological polar surface area (TPSA) is 67.4 Å². The van der Waals surface area contributed by atoms with Crippen LogP contribution < -0.4 is 15.4 Å². The lowest BCUT2D eigenvalue weighted by Crippen LogP contribution is -2.39. The Balaban J connectivity index is 1.98. The number of para-hydroxylation sites is 1. The van der Waals surface area contributed by atoms with Crippen LogP contribution >= 0.6 is 0 Å². The highest BCUT2D eigenvalue weighted by molar-refractivity contribution is 5.97. The molecule has 132 valence electrons. The third-order valence-corrected chi connectivity index (χ3v) is 4.06. The molecule has 25 heavy (non-hydrogen) atoms. The number of carbonyl (C=O) groups excluding carboxylic acids is 2. The Morgan fingerprint density at radius 3 is 2.24 bits per heavy atom. The number of hydrogen-bond donors (Lipinski definition) is 2. The van der Waals surface area contributed by atoms with E-state index in [0.29, 0.717) is 11.3 Å². The third kappa shape index (κ3) is 4.90. The molecule has 0 spiro atoms. The summed E-state index contributed by atoms with van der Waals surface area (Å²) in [7, 11) is 1.63. The van der Waals surface area contributed by atoms with Gasteiger partial charge in [-0.2, -0.15) is 0 Å². The largest absolute Gasteiger partial charge is 0.496 e. The number of ketones is 1. The monoisotopic (exact) mass is 340 g/mol. The SMILES string of the molecule is COc1ccccc1[C@H](C)N[C@@H](C)C(=O)Nc1ccc(C(C)=O)cc1. The smallest absolute Gasteiger partial charge is 0.241 e. The summed E-state index contributed by atoms with van der Waals surface area (Å²) in [5.74, 6) is 0.644. The van der Waals surface area contributed by atoms with Gasteiger partial charge in [0.1, 0.15) is 5.75 Å². The van der Waals surface area contributed by atoms with Gasteiger partial charge in [-0.05, 0) is 51.1 Å².